The van der Waals surface area contributed by atoms with Crippen LogP contribution in [0, 0.1) is 0 Å². The molecular weight excluding hydrogens is 719 g/mol. The van der Waals surface area contributed by atoms with Gasteiger partial charge in [-0.25, -0.2) is 9.97 Å². The second-order valence-corrected chi connectivity index (χ2v) is 14.0. The summed E-state index contributed by atoms with van der Waals surface area (Å²) in [7, 11) is 0. The number of nitrogens with zero attached hydrogens (tertiary/aromatic N) is 11. The van der Waals surface area contributed by atoms with Gasteiger partial charge in [0, 0.05) is 63.7 Å². The topological polar surface area (TPSA) is 126 Å². The van der Waals surface area contributed by atoms with Gasteiger partial charge in [-0.15, -0.1) is 0 Å². The zero-order valence-corrected chi connectivity index (χ0v) is 30.5. The van der Waals surface area contributed by atoms with Crippen molar-refractivity contribution in [3.8, 4) is 45.9 Å². The molecule has 7 heterocycles. The van der Waals surface area contributed by atoms with Crippen LogP contribution in [0.4, 0.5) is 0 Å². The van der Waals surface area contributed by atoms with E-state index in [1.54, 1.807) is 31.0 Å². The van der Waals surface area contributed by atoms with Gasteiger partial charge in [0.2, 0.25) is 5.95 Å². The van der Waals surface area contributed by atoms with Crippen molar-refractivity contribution < 1.29 is 0 Å². The highest BCUT2D eigenvalue weighted by Gasteiger charge is 2.24. The van der Waals surface area contributed by atoms with Crippen LogP contribution in [0.2, 0.25) is 0 Å². The normalized spacial score (nSPS) is 11.8. The number of hydrogen-bond donors (Lipinski definition) is 0. The molecule has 0 saturated carbocycles. The van der Waals surface area contributed by atoms with Crippen LogP contribution < -0.4 is 0 Å². The van der Waals surface area contributed by atoms with E-state index in [-0.39, 0.29) is 0 Å². The van der Waals surface area contributed by atoms with E-state index in [0.717, 1.165) is 94.0 Å². The third-order valence-electron chi connectivity index (χ3n) is 10.6. The SMILES string of the molecule is c1ccc(-c2cccc(-n3c4ccccc4c4ccc5c6ccccc6n(-c6nc(-c7ccc8nccnc8c7)nc(-c7ccc8nccnc8c7)n6)c5c43)n2)nc1. The van der Waals surface area contributed by atoms with Crippen LogP contribution in [0.3, 0.4) is 0 Å². The van der Waals surface area contributed by atoms with Gasteiger partial charge in [0.25, 0.3) is 0 Å². The van der Waals surface area contributed by atoms with Crippen LogP contribution >= 0.6 is 0 Å². The first-order chi connectivity index (χ1) is 28.7. The predicted molar refractivity (Wildman–Crippen MR) is 227 cm³/mol. The molecule has 12 rings (SSSR count). The minimum Gasteiger partial charge on any atom is -0.292 e. The lowest BCUT2D eigenvalue weighted by Crippen LogP contribution is -2.07. The highest BCUT2D eigenvalue weighted by Crippen LogP contribution is 2.41. The molecular formula is C47H27N11. The summed E-state index contributed by atoms with van der Waals surface area (Å²) in [5.74, 6) is 2.22. The van der Waals surface area contributed by atoms with Crippen molar-refractivity contribution in [1.29, 1.82) is 0 Å². The highest BCUT2D eigenvalue weighted by molar-refractivity contribution is 6.23. The summed E-state index contributed by atoms with van der Waals surface area (Å²) in [6, 6.07) is 45.0. The van der Waals surface area contributed by atoms with Crippen molar-refractivity contribution in [3.05, 3.63) is 164 Å². The Morgan fingerprint density at radius 1 is 0.345 bits per heavy atom. The number of para-hydroxylation sites is 2. The van der Waals surface area contributed by atoms with Gasteiger partial charge in [0.15, 0.2) is 11.6 Å². The lowest BCUT2D eigenvalue weighted by atomic mass is 10.1. The molecule has 7 aromatic heterocycles. The molecule has 0 aliphatic carbocycles. The Morgan fingerprint density at radius 2 is 0.897 bits per heavy atom. The smallest absolute Gasteiger partial charge is 0.238 e. The predicted octanol–water partition coefficient (Wildman–Crippen LogP) is 9.74. The molecule has 0 radical (unpaired) electrons. The maximum atomic E-state index is 5.29. The Balaban J connectivity index is 1.20. The summed E-state index contributed by atoms with van der Waals surface area (Å²) in [6.07, 6.45) is 8.55. The standard InChI is InChI=1S/C47H27N11/c1-3-12-40-30(8-1)32-17-18-33-31-9-2-4-13-41(31)58(44(33)43(32)57(40)42-14-7-11-37(53-42)34-10-5-6-21-48-34)47-55-45(28-15-19-35-38(26-28)51-24-22-49-35)54-46(56-47)29-16-20-36-39(27-29)52-25-23-50-36/h1-27H. The van der Waals surface area contributed by atoms with Gasteiger partial charge in [-0.1, -0.05) is 60.7 Å². The minimum atomic E-state index is 0.462. The fourth-order valence-corrected chi connectivity index (χ4v) is 8.08. The van der Waals surface area contributed by atoms with Crippen LogP contribution in [0.15, 0.2) is 164 Å². The van der Waals surface area contributed by atoms with Gasteiger partial charge in [-0.2, -0.15) is 9.97 Å². The van der Waals surface area contributed by atoms with E-state index in [0.29, 0.717) is 17.6 Å². The third-order valence-corrected chi connectivity index (χ3v) is 10.6. The summed E-state index contributed by atoms with van der Waals surface area (Å²) in [6.45, 7) is 0. The van der Waals surface area contributed by atoms with Crippen LogP contribution in [0.5, 0.6) is 0 Å². The quantitative estimate of drug-likeness (QED) is 0.169. The number of benzene rings is 5. The van der Waals surface area contributed by atoms with E-state index in [1.807, 2.05) is 66.7 Å². The van der Waals surface area contributed by atoms with E-state index in [4.69, 9.17) is 19.9 Å². The Kier molecular flexibility index (Phi) is 6.96. The third kappa shape index (κ3) is 4.97. The molecule has 12 aromatic rings. The zero-order chi connectivity index (χ0) is 38.2. The summed E-state index contributed by atoms with van der Waals surface area (Å²) < 4.78 is 4.42. The van der Waals surface area contributed by atoms with Gasteiger partial charge in [0.05, 0.1) is 55.5 Å². The maximum Gasteiger partial charge on any atom is 0.238 e. The van der Waals surface area contributed by atoms with Gasteiger partial charge < -0.3 is 0 Å². The van der Waals surface area contributed by atoms with Crippen LogP contribution in [0.25, 0.3) is 112 Å². The molecule has 270 valence electrons. The van der Waals surface area contributed by atoms with Crippen molar-refractivity contribution in [3.63, 3.8) is 0 Å². The largest absolute Gasteiger partial charge is 0.292 e. The second-order valence-electron chi connectivity index (χ2n) is 14.0. The number of aromatic nitrogens is 11. The van der Waals surface area contributed by atoms with E-state index in [2.05, 4.69) is 101 Å². The molecule has 11 nitrogen and oxygen atoms in total. The van der Waals surface area contributed by atoms with Gasteiger partial charge in [0.1, 0.15) is 5.82 Å². The first-order valence-corrected chi connectivity index (χ1v) is 18.8. The average molecular weight is 746 g/mol. The molecule has 0 bridgehead atoms. The highest BCUT2D eigenvalue weighted by atomic mass is 15.2. The molecule has 0 atom stereocenters. The lowest BCUT2D eigenvalue weighted by molar-refractivity contribution is 0.953. The number of pyridine rings is 2. The van der Waals surface area contributed by atoms with Crippen molar-refractivity contribution >= 4 is 65.7 Å². The number of rotatable bonds is 5. The van der Waals surface area contributed by atoms with Crippen LogP contribution in [-0.4, -0.2) is 54.0 Å². The lowest BCUT2D eigenvalue weighted by Gasteiger charge is -2.13. The van der Waals surface area contributed by atoms with Crippen molar-refractivity contribution in [2.75, 3.05) is 0 Å². The Morgan fingerprint density at radius 3 is 1.52 bits per heavy atom. The van der Waals surface area contributed by atoms with Crippen molar-refractivity contribution in [2.45, 2.75) is 0 Å². The maximum absolute atomic E-state index is 5.29. The van der Waals surface area contributed by atoms with E-state index < -0.39 is 0 Å². The minimum absolute atomic E-state index is 0.462. The van der Waals surface area contributed by atoms with Crippen LogP contribution in [-0.2, 0) is 0 Å². The monoisotopic (exact) mass is 745 g/mol. The average Bonchev–Trinajstić information content (AvgIpc) is 3.82. The van der Waals surface area contributed by atoms with Gasteiger partial charge in [-0.05, 0) is 72.8 Å². The van der Waals surface area contributed by atoms with Crippen LogP contribution in [0.1, 0.15) is 0 Å². The molecule has 0 amide bonds. The van der Waals surface area contributed by atoms with Crippen molar-refractivity contribution in [2.24, 2.45) is 0 Å². The molecule has 5 aromatic carbocycles. The molecule has 0 N–H and O–H groups in total. The Hall–Kier alpha value is -8.31. The van der Waals surface area contributed by atoms with Gasteiger partial charge in [-0.3, -0.25) is 34.1 Å². The van der Waals surface area contributed by atoms with E-state index in [9.17, 15) is 0 Å². The molecule has 58 heavy (non-hydrogen) atoms. The molecule has 11 heteroatoms. The first kappa shape index (κ1) is 32.0. The molecule has 0 unspecified atom stereocenters. The fourth-order valence-electron chi connectivity index (χ4n) is 8.08. The van der Waals surface area contributed by atoms with Crippen molar-refractivity contribution in [1.82, 2.24) is 54.0 Å². The Bertz CT molecular complexity index is 3500. The van der Waals surface area contributed by atoms with Gasteiger partial charge >= 0.3 is 0 Å². The molecule has 0 aliphatic rings. The zero-order valence-electron chi connectivity index (χ0n) is 30.5. The fraction of sp³-hybridized carbons (Fsp3) is 0. The summed E-state index contributed by atoms with van der Waals surface area (Å²) >= 11 is 0. The molecule has 0 spiro atoms. The molecule has 0 aliphatic heterocycles. The van der Waals surface area contributed by atoms with E-state index >= 15 is 0 Å². The summed E-state index contributed by atoms with van der Waals surface area (Å²) in [5.41, 5.74) is 10.1. The number of fused-ring (bicyclic) bond motifs is 9. The first-order valence-electron chi connectivity index (χ1n) is 18.8. The molecule has 0 saturated heterocycles. The van der Waals surface area contributed by atoms with E-state index in [1.165, 1.54) is 0 Å². The Labute approximate surface area is 329 Å². The molecule has 0 fully saturated rings. The number of hydrogen-bond acceptors (Lipinski definition) is 9. The second kappa shape index (κ2) is 12.6. The summed E-state index contributed by atoms with van der Waals surface area (Å²) in [4.78, 5) is 43.7. The summed E-state index contributed by atoms with van der Waals surface area (Å²) in [5, 5.41) is 4.30.